The van der Waals surface area contributed by atoms with Crippen LogP contribution in [0, 0.1) is 0 Å². The van der Waals surface area contributed by atoms with Gasteiger partial charge in [-0.05, 0) is 19.3 Å². The Kier molecular flexibility index (Phi) is 38.2. The minimum absolute atomic E-state index is 0.00114. The third-order valence-corrected chi connectivity index (χ3v) is 11.7. The number of aliphatic hydroxyl groups is 1. The van der Waals surface area contributed by atoms with Gasteiger partial charge in [0.05, 0.1) is 39.9 Å². The quantitative estimate of drug-likeness (QED) is 0.0275. The molecule has 0 radical (unpaired) electrons. The van der Waals surface area contributed by atoms with Gasteiger partial charge in [0, 0.05) is 6.42 Å². The molecule has 9 heteroatoms. The molecule has 0 fully saturated rings. The Balaban J connectivity index is 3.92. The number of hydrogen-bond acceptors (Lipinski definition) is 6. The molecule has 2 N–H and O–H groups in total. The number of nitrogens with one attached hydrogen (secondary N) is 1. The van der Waals surface area contributed by atoms with Crippen molar-refractivity contribution in [3.8, 4) is 0 Å². The topological polar surface area (TPSA) is 108 Å². The summed E-state index contributed by atoms with van der Waals surface area (Å²) in [5.41, 5.74) is 0. The molecule has 0 spiro atoms. The van der Waals surface area contributed by atoms with Gasteiger partial charge in [0.2, 0.25) is 5.91 Å². The average Bonchev–Trinajstić information content (AvgIpc) is 3.13. The van der Waals surface area contributed by atoms with Crippen LogP contribution in [0.1, 0.15) is 226 Å². The Hall–Kier alpha value is -0.760. The van der Waals surface area contributed by atoms with Gasteiger partial charge >= 0.3 is 0 Å². The highest BCUT2D eigenvalue weighted by molar-refractivity contribution is 7.45. The van der Waals surface area contributed by atoms with Gasteiger partial charge in [0.1, 0.15) is 13.2 Å². The van der Waals surface area contributed by atoms with Crippen molar-refractivity contribution in [2.75, 3.05) is 40.9 Å². The number of phosphoric acid groups is 1. The van der Waals surface area contributed by atoms with Crippen LogP contribution in [0.3, 0.4) is 0 Å². The van der Waals surface area contributed by atoms with Crippen LogP contribution < -0.4 is 10.2 Å². The molecule has 3 unspecified atom stereocenters. The molecule has 0 aliphatic rings. The number of carbonyl (C=O) groups excluding carboxylic acids is 1. The highest BCUT2D eigenvalue weighted by Crippen LogP contribution is 2.38. The van der Waals surface area contributed by atoms with Crippen molar-refractivity contribution >= 4 is 13.7 Å². The molecule has 0 aliphatic heterocycles. The number of aliphatic hydroxyl groups excluding tert-OH is 1. The van der Waals surface area contributed by atoms with Gasteiger partial charge in [-0.2, -0.15) is 0 Å². The van der Waals surface area contributed by atoms with E-state index in [4.69, 9.17) is 9.05 Å². The largest absolute Gasteiger partial charge is 0.756 e. The summed E-state index contributed by atoms with van der Waals surface area (Å²) in [6, 6.07) is -0.877. The van der Waals surface area contributed by atoms with Crippen LogP contribution in [0.4, 0.5) is 0 Å². The van der Waals surface area contributed by atoms with Crippen LogP contribution in [0.25, 0.3) is 0 Å². The third kappa shape index (κ3) is 41.2. The first-order valence-corrected chi connectivity index (χ1v) is 25.0. The maximum atomic E-state index is 12.8. The number of unbranched alkanes of at least 4 members (excludes halogenated alkanes) is 30. The molecule has 0 rings (SSSR count). The van der Waals surface area contributed by atoms with Gasteiger partial charge in [-0.15, -0.1) is 0 Å². The number of hydrogen-bond donors (Lipinski definition) is 2. The lowest BCUT2D eigenvalue weighted by Crippen LogP contribution is -2.45. The number of carbonyl (C=O) groups is 1. The first-order valence-electron chi connectivity index (χ1n) is 23.6. The van der Waals surface area contributed by atoms with E-state index in [0.29, 0.717) is 17.4 Å². The first kappa shape index (κ1) is 54.2. The van der Waals surface area contributed by atoms with E-state index in [1.807, 2.05) is 27.2 Å². The summed E-state index contributed by atoms with van der Waals surface area (Å²) in [5, 5.41) is 13.6. The van der Waals surface area contributed by atoms with Gasteiger partial charge in [-0.25, -0.2) is 0 Å². The SMILES string of the molecule is CCCCCC/C=C/C(O)C(COP(=O)([O-])OCC[N+](C)(C)C)NC(=O)CCCCCCCCCCCCCCCCCCCCCCCCCCCCC. The number of quaternary nitrogens is 1. The van der Waals surface area contributed by atoms with E-state index in [2.05, 4.69) is 19.2 Å². The Morgan fingerprint density at radius 3 is 1.36 bits per heavy atom. The fourth-order valence-electron chi connectivity index (χ4n) is 6.98. The highest BCUT2D eigenvalue weighted by atomic mass is 31.2. The Bertz CT molecular complexity index is 911. The van der Waals surface area contributed by atoms with Crippen molar-refractivity contribution < 1.29 is 32.9 Å². The number of amides is 1. The predicted molar refractivity (Wildman–Crippen MR) is 233 cm³/mol. The maximum Gasteiger partial charge on any atom is 0.268 e. The number of phosphoric ester groups is 1. The van der Waals surface area contributed by atoms with Gasteiger partial charge in [-0.3, -0.25) is 9.36 Å². The standard InChI is InChI=1S/C46H93N2O6P/c1-6-8-10-12-14-15-16-17-18-19-20-21-22-23-24-25-26-27-28-29-30-31-32-33-34-36-38-40-46(50)47-44(45(49)39-37-35-13-11-9-7-2)43-54-55(51,52)53-42-41-48(3,4)5/h37,39,44-45,49H,6-36,38,40-43H2,1-5H3,(H-,47,50,51,52)/b39-37+. The summed E-state index contributed by atoms with van der Waals surface area (Å²) in [5.74, 6) is -0.199. The number of likely N-dealkylation sites (N-methyl/N-ethyl adjacent to an activating group) is 1. The van der Waals surface area contributed by atoms with Crippen molar-refractivity contribution in [3.05, 3.63) is 12.2 Å². The summed E-state index contributed by atoms with van der Waals surface area (Å²) in [6.45, 7) is 4.58. The normalized spacial score (nSPS) is 14.4. The van der Waals surface area contributed by atoms with Crippen LogP contribution in [0.15, 0.2) is 12.2 Å². The molecule has 0 bridgehead atoms. The van der Waals surface area contributed by atoms with Crippen molar-refractivity contribution in [1.29, 1.82) is 0 Å². The zero-order chi connectivity index (χ0) is 40.7. The molecule has 0 aromatic carbocycles. The van der Waals surface area contributed by atoms with Crippen molar-refractivity contribution in [2.45, 2.75) is 238 Å². The maximum absolute atomic E-state index is 12.8. The molecular weight excluding hydrogens is 707 g/mol. The first-order chi connectivity index (χ1) is 26.5. The second-order valence-corrected chi connectivity index (χ2v) is 18.9. The molecule has 0 aliphatic carbocycles. The molecule has 55 heavy (non-hydrogen) atoms. The highest BCUT2D eigenvalue weighted by Gasteiger charge is 2.23. The molecule has 3 atom stereocenters. The molecule has 0 aromatic heterocycles. The summed E-state index contributed by atoms with van der Waals surface area (Å²) in [7, 11) is 1.27. The summed E-state index contributed by atoms with van der Waals surface area (Å²) < 4.78 is 23.0. The van der Waals surface area contributed by atoms with E-state index in [-0.39, 0.29) is 19.1 Å². The molecule has 0 saturated carbocycles. The third-order valence-electron chi connectivity index (χ3n) is 10.7. The van der Waals surface area contributed by atoms with Gasteiger partial charge < -0.3 is 28.8 Å². The fraction of sp³-hybridized carbons (Fsp3) is 0.935. The number of allylic oxidation sites excluding steroid dienone is 1. The monoisotopic (exact) mass is 801 g/mol. The lowest BCUT2D eigenvalue weighted by atomic mass is 10.0. The summed E-state index contributed by atoms with van der Waals surface area (Å²) in [6.07, 6.45) is 44.6. The van der Waals surface area contributed by atoms with Crippen LogP contribution >= 0.6 is 7.82 Å². The van der Waals surface area contributed by atoms with Crippen molar-refractivity contribution in [1.82, 2.24) is 5.32 Å². The zero-order valence-electron chi connectivity index (χ0n) is 37.1. The van der Waals surface area contributed by atoms with E-state index >= 15 is 0 Å². The van der Waals surface area contributed by atoms with Crippen LogP contribution in [-0.4, -0.2) is 68.5 Å². The predicted octanol–water partition coefficient (Wildman–Crippen LogP) is 12.5. The van der Waals surface area contributed by atoms with Crippen molar-refractivity contribution in [3.63, 3.8) is 0 Å². The number of nitrogens with zero attached hydrogens (tertiary/aromatic N) is 1. The zero-order valence-corrected chi connectivity index (χ0v) is 38.0. The fourth-order valence-corrected chi connectivity index (χ4v) is 7.70. The second kappa shape index (κ2) is 38.7. The van der Waals surface area contributed by atoms with E-state index in [9.17, 15) is 19.4 Å². The smallest absolute Gasteiger partial charge is 0.268 e. The van der Waals surface area contributed by atoms with Crippen LogP contribution in [0.5, 0.6) is 0 Å². The Labute approximate surface area is 342 Å². The van der Waals surface area contributed by atoms with E-state index < -0.39 is 20.0 Å². The molecule has 0 aromatic rings. The van der Waals surface area contributed by atoms with E-state index in [1.165, 1.54) is 161 Å². The molecular formula is C46H93N2O6P. The summed E-state index contributed by atoms with van der Waals surface area (Å²) >= 11 is 0. The van der Waals surface area contributed by atoms with Crippen LogP contribution in [0.2, 0.25) is 0 Å². The van der Waals surface area contributed by atoms with Gasteiger partial charge in [0.25, 0.3) is 7.82 Å². The Morgan fingerprint density at radius 2 is 0.982 bits per heavy atom. The molecule has 0 saturated heterocycles. The molecule has 8 nitrogen and oxygen atoms in total. The van der Waals surface area contributed by atoms with Crippen molar-refractivity contribution in [2.24, 2.45) is 0 Å². The van der Waals surface area contributed by atoms with E-state index in [0.717, 1.165) is 44.9 Å². The van der Waals surface area contributed by atoms with E-state index in [1.54, 1.807) is 6.08 Å². The van der Waals surface area contributed by atoms with Gasteiger partial charge in [0.15, 0.2) is 0 Å². The minimum atomic E-state index is -4.57. The molecule has 328 valence electrons. The summed E-state index contributed by atoms with van der Waals surface area (Å²) in [4.78, 5) is 25.1. The minimum Gasteiger partial charge on any atom is -0.756 e. The average molecular weight is 801 g/mol. The molecule has 1 amide bonds. The second-order valence-electron chi connectivity index (χ2n) is 17.5. The Morgan fingerprint density at radius 1 is 0.618 bits per heavy atom. The number of rotatable bonds is 43. The van der Waals surface area contributed by atoms with Gasteiger partial charge in [-0.1, -0.05) is 212 Å². The lowest BCUT2D eigenvalue weighted by Gasteiger charge is -2.29. The lowest BCUT2D eigenvalue weighted by molar-refractivity contribution is -0.870. The molecule has 0 heterocycles. The van der Waals surface area contributed by atoms with Crippen LogP contribution in [-0.2, 0) is 18.4 Å².